The van der Waals surface area contributed by atoms with Gasteiger partial charge in [-0.05, 0) is 30.7 Å². The minimum atomic E-state index is -0.0202. The summed E-state index contributed by atoms with van der Waals surface area (Å²) in [5.41, 5.74) is 1.36. The quantitative estimate of drug-likeness (QED) is 0.785. The van der Waals surface area contributed by atoms with E-state index in [4.69, 9.17) is 23.2 Å². The molecule has 0 bridgehead atoms. The Balaban J connectivity index is 2.07. The van der Waals surface area contributed by atoms with Gasteiger partial charge in [0.15, 0.2) is 5.78 Å². The number of pyridine rings is 1. The summed E-state index contributed by atoms with van der Waals surface area (Å²) in [4.78, 5) is 16.2. The van der Waals surface area contributed by atoms with Crippen LogP contribution in [0.2, 0.25) is 10.0 Å². The highest BCUT2D eigenvalue weighted by atomic mass is 35.5. The van der Waals surface area contributed by atoms with Crippen LogP contribution >= 0.6 is 23.2 Å². The number of hydrogen-bond donors (Lipinski definition) is 0. The van der Waals surface area contributed by atoms with E-state index in [1.54, 1.807) is 24.4 Å². The second kappa shape index (κ2) is 5.98. The Morgan fingerprint density at radius 1 is 1.11 bits per heavy atom. The molecule has 0 amide bonds. The summed E-state index contributed by atoms with van der Waals surface area (Å²) in [5, 5.41) is 0.727. The number of rotatable bonds is 4. The average Bonchev–Trinajstić information content (AvgIpc) is 2.40. The van der Waals surface area contributed by atoms with Crippen molar-refractivity contribution in [1.29, 1.82) is 0 Å². The highest BCUT2D eigenvalue weighted by molar-refractivity contribution is 6.43. The molecule has 18 heavy (non-hydrogen) atoms. The first-order valence-corrected chi connectivity index (χ1v) is 6.31. The molecule has 1 aromatic heterocycles. The predicted molar refractivity (Wildman–Crippen MR) is 73.4 cm³/mol. The van der Waals surface area contributed by atoms with Crippen LogP contribution in [0.4, 0.5) is 0 Å². The lowest BCUT2D eigenvalue weighted by atomic mass is 10.1. The van der Waals surface area contributed by atoms with Gasteiger partial charge in [-0.3, -0.25) is 9.78 Å². The van der Waals surface area contributed by atoms with Gasteiger partial charge in [0, 0.05) is 23.9 Å². The number of halogens is 2. The number of carbonyl (C=O) groups is 1. The SMILES string of the molecule is O=C(CCc1ccccn1)c1cccc(Cl)c1Cl. The fourth-order valence-corrected chi connectivity index (χ4v) is 2.05. The molecule has 2 aromatic rings. The summed E-state index contributed by atoms with van der Waals surface area (Å²) in [6.45, 7) is 0. The number of hydrogen-bond acceptors (Lipinski definition) is 2. The number of nitrogens with zero attached hydrogens (tertiary/aromatic N) is 1. The van der Waals surface area contributed by atoms with Crippen LogP contribution in [-0.4, -0.2) is 10.8 Å². The molecule has 0 saturated carbocycles. The van der Waals surface area contributed by atoms with E-state index in [9.17, 15) is 4.79 Å². The summed E-state index contributed by atoms with van der Waals surface area (Å²) >= 11 is 11.9. The standard InChI is InChI=1S/C14H11Cl2NO/c15-12-6-3-5-11(14(12)16)13(18)8-7-10-4-1-2-9-17-10/h1-6,9H,7-8H2. The third kappa shape index (κ3) is 3.09. The van der Waals surface area contributed by atoms with Crippen LogP contribution in [0.15, 0.2) is 42.6 Å². The van der Waals surface area contributed by atoms with Crippen LogP contribution in [0.1, 0.15) is 22.5 Å². The molecule has 0 aliphatic carbocycles. The number of aromatic nitrogens is 1. The first-order chi connectivity index (χ1) is 8.68. The molecule has 2 nitrogen and oxygen atoms in total. The van der Waals surface area contributed by atoms with Crippen molar-refractivity contribution < 1.29 is 4.79 Å². The number of Topliss-reactive ketones (excluding diaryl/α,β-unsaturated/α-hetero) is 1. The van der Waals surface area contributed by atoms with Gasteiger partial charge in [-0.1, -0.05) is 35.3 Å². The molecule has 0 saturated heterocycles. The van der Waals surface area contributed by atoms with Crippen molar-refractivity contribution in [2.24, 2.45) is 0 Å². The molecule has 1 heterocycles. The molecule has 0 fully saturated rings. The lowest BCUT2D eigenvalue weighted by Crippen LogP contribution is -2.03. The molecule has 0 aliphatic heterocycles. The van der Waals surface area contributed by atoms with E-state index >= 15 is 0 Å². The van der Waals surface area contributed by atoms with E-state index in [0.717, 1.165) is 5.69 Å². The molecule has 92 valence electrons. The monoisotopic (exact) mass is 279 g/mol. The molecular weight excluding hydrogens is 269 g/mol. The minimum absolute atomic E-state index is 0.0202. The molecule has 0 aliphatic rings. The Hall–Kier alpha value is -1.38. The second-order valence-corrected chi connectivity index (χ2v) is 4.63. The Kier molecular flexibility index (Phi) is 4.34. The zero-order valence-electron chi connectivity index (χ0n) is 9.57. The number of benzene rings is 1. The van der Waals surface area contributed by atoms with Gasteiger partial charge < -0.3 is 0 Å². The van der Waals surface area contributed by atoms with E-state index in [-0.39, 0.29) is 5.78 Å². The summed E-state index contributed by atoms with van der Waals surface area (Å²) in [5.74, 6) is -0.0202. The van der Waals surface area contributed by atoms with Crippen LogP contribution in [0.3, 0.4) is 0 Å². The van der Waals surface area contributed by atoms with Crippen LogP contribution in [-0.2, 0) is 6.42 Å². The van der Waals surface area contributed by atoms with Crippen LogP contribution in [0.5, 0.6) is 0 Å². The van der Waals surface area contributed by atoms with Crippen molar-refractivity contribution in [3.8, 4) is 0 Å². The van der Waals surface area contributed by atoms with Gasteiger partial charge in [-0.15, -0.1) is 0 Å². The lowest BCUT2D eigenvalue weighted by molar-refractivity contribution is 0.0982. The minimum Gasteiger partial charge on any atom is -0.294 e. The molecule has 2 rings (SSSR count). The van der Waals surface area contributed by atoms with Gasteiger partial charge >= 0.3 is 0 Å². The average molecular weight is 280 g/mol. The maximum absolute atomic E-state index is 12.0. The fraction of sp³-hybridized carbons (Fsp3) is 0.143. The van der Waals surface area contributed by atoms with E-state index in [0.29, 0.717) is 28.5 Å². The Morgan fingerprint density at radius 3 is 2.67 bits per heavy atom. The van der Waals surface area contributed by atoms with Crippen molar-refractivity contribution in [3.05, 3.63) is 63.9 Å². The lowest BCUT2D eigenvalue weighted by Gasteiger charge is -2.04. The van der Waals surface area contributed by atoms with Crippen molar-refractivity contribution in [1.82, 2.24) is 4.98 Å². The smallest absolute Gasteiger partial charge is 0.164 e. The highest BCUT2D eigenvalue weighted by Crippen LogP contribution is 2.26. The zero-order chi connectivity index (χ0) is 13.0. The van der Waals surface area contributed by atoms with E-state index in [1.807, 2.05) is 18.2 Å². The summed E-state index contributed by atoms with van der Waals surface area (Å²) in [6.07, 6.45) is 2.69. The van der Waals surface area contributed by atoms with Crippen molar-refractivity contribution in [2.45, 2.75) is 12.8 Å². The zero-order valence-corrected chi connectivity index (χ0v) is 11.1. The largest absolute Gasteiger partial charge is 0.294 e. The van der Waals surface area contributed by atoms with Crippen LogP contribution in [0, 0.1) is 0 Å². The second-order valence-electron chi connectivity index (χ2n) is 3.85. The van der Waals surface area contributed by atoms with Gasteiger partial charge in [0.2, 0.25) is 0 Å². The third-order valence-corrected chi connectivity index (χ3v) is 3.41. The summed E-state index contributed by atoms with van der Waals surface area (Å²) in [6, 6.07) is 10.7. The molecule has 0 N–H and O–H groups in total. The van der Waals surface area contributed by atoms with Gasteiger partial charge in [-0.25, -0.2) is 0 Å². The Bertz CT molecular complexity index is 555. The third-order valence-electron chi connectivity index (χ3n) is 2.59. The number of aryl methyl sites for hydroxylation is 1. The number of carbonyl (C=O) groups excluding carboxylic acids is 1. The van der Waals surface area contributed by atoms with Gasteiger partial charge in [0.25, 0.3) is 0 Å². The molecule has 0 spiro atoms. The van der Waals surface area contributed by atoms with Crippen LogP contribution < -0.4 is 0 Å². The Labute approximate surface area is 116 Å². The predicted octanol–water partition coefficient (Wildman–Crippen LogP) is 4.20. The molecule has 0 atom stereocenters. The van der Waals surface area contributed by atoms with E-state index < -0.39 is 0 Å². The van der Waals surface area contributed by atoms with Gasteiger partial charge in [-0.2, -0.15) is 0 Å². The van der Waals surface area contributed by atoms with Crippen molar-refractivity contribution in [2.75, 3.05) is 0 Å². The first-order valence-electron chi connectivity index (χ1n) is 5.55. The van der Waals surface area contributed by atoms with Crippen LogP contribution in [0.25, 0.3) is 0 Å². The molecule has 0 unspecified atom stereocenters. The maximum Gasteiger partial charge on any atom is 0.164 e. The summed E-state index contributed by atoms with van der Waals surface area (Å²) in [7, 11) is 0. The van der Waals surface area contributed by atoms with Gasteiger partial charge in [0.05, 0.1) is 10.0 Å². The van der Waals surface area contributed by atoms with Crippen molar-refractivity contribution in [3.63, 3.8) is 0 Å². The molecule has 4 heteroatoms. The molecule has 0 radical (unpaired) electrons. The first kappa shape index (κ1) is 13.1. The van der Waals surface area contributed by atoms with Crippen molar-refractivity contribution >= 4 is 29.0 Å². The highest BCUT2D eigenvalue weighted by Gasteiger charge is 2.12. The van der Waals surface area contributed by atoms with Gasteiger partial charge in [0.1, 0.15) is 0 Å². The number of ketones is 1. The van der Waals surface area contributed by atoms with E-state index in [2.05, 4.69) is 4.98 Å². The molecular formula is C14H11Cl2NO. The Morgan fingerprint density at radius 2 is 1.94 bits per heavy atom. The summed E-state index contributed by atoms with van der Waals surface area (Å²) < 4.78 is 0. The maximum atomic E-state index is 12.0. The topological polar surface area (TPSA) is 30.0 Å². The normalized spacial score (nSPS) is 10.3. The fourth-order valence-electron chi connectivity index (χ4n) is 1.64. The molecule has 1 aromatic carbocycles. The van der Waals surface area contributed by atoms with E-state index in [1.165, 1.54) is 0 Å².